The highest BCUT2D eigenvalue weighted by molar-refractivity contribution is 5.93. The van der Waals surface area contributed by atoms with Crippen molar-refractivity contribution in [3.05, 3.63) is 52.2 Å². The van der Waals surface area contributed by atoms with Gasteiger partial charge < -0.3 is 14.8 Å². The smallest absolute Gasteiger partial charge is 0.345 e. The van der Waals surface area contributed by atoms with Gasteiger partial charge in [-0.1, -0.05) is 12.1 Å². The molecule has 0 saturated heterocycles. The first-order valence-electron chi connectivity index (χ1n) is 5.92. The Kier molecular flexibility index (Phi) is 3.84. The van der Waals surface area contributed by atoms with Gasteiger partial charge in [-0.2, -0.15) is 0 Å². The Hall–Kier alpha value is -2.63. The number of ether oxygens (including phenoxy) is 1. The van der Waals surface area contributed by atoms with Crippen LogP contribution >= 0.6 is 0 Å². The molecule has 0 aliphatic heterocycles. The Morgan fingerprint density at radius 2 is 2.00 bits per heavy atom. The van der Waals surface area contributed by atoms with E-state index in [1.165, 1.54) is 30.5 Å². The van der Waals surface area contributed by atoms with Crippen LogP contribution in [0.3, 0.4) is 0 Å². The fourth-order valence-electron chi connectivity index (χ4n) is 1.85. The van der Waals surface area contributed by atoms with Gasteiger partial charge in [-0.05, 0) is 24.6 Å². The number of rotatable bonds is 4. The Morgan fingerprint density at radius 1 is 1.35 bits per heavy atom. The van der Waals surface area contributed by atoms with Crippen LogP contribution in [0.1, 0.15) is 17.3 Å². The summed E-state index contributed by atoms with van der Waals surface area (Å²) in [6.07, 6.45) is 1.35. The van der Waals surface area contributed by atoms with Gasteiger partial charge in [0.1, 0.15) is 11.6 Å². The maximum absolute atomic E-state index is 12.9. The number of H-pyrrole nitrogens is 1. The molecule has 1 heterocycles. The summed E-state index contributed by atoms with van der Waals surface area (Å²) in [6, 6.07) is 5.46. The van der Waals surface area contributed by atoms with Crippen molar-refractivity contribution in [3.63, 3.8) is 0 Å². The minimum absolute atomic E-state index is 0.0182. The number of halogens is 1. The number of carboxylic acids is 1. The molecule has 0 atom stereocenters. The van der Waals surface area contributed by atoms with E-state index in [-0.39, 0.29) is 12.4 Å². The second kappa shape index (κ2) is 5.56. The first kappa shape index (κ1) is 13.8. The second-order valence-electron chi connectivity index (χ2n) is 3.98. The van der Waals surface area contributed by atoms with Crippen LogP contribution in [0.5, 0.6) is 5.75 Å². The number of aromatic carboxylic acids is 1. The Labute approximate surface area is 113 Å². The van der Waals surface area contributed by atoms with Crippen molar-refractivity contribution in [2.45, 2.75) is 6.92 Å². The second-order valence-corrected chi connectivity index (χ2v) is 3.98. The standard InChI is InChI=1S/C14H12FNO4/c1-2-20-12-10(8-3-5-9(15)6-4-8)7-16-13(17)11(12)14(18)19/h3-7H,2H2,1H3,(H,16,17)(H,18,19). The maximum atomic E-state index is 12.9. The molecular formula is C14H12FNO4. The average Bonchev–Trinajstić information content (AvgIpc) is 2.40. The number of carboxylic acid groups (broad SMARTS) is 1. The molecule has 2 N–H and O–H groups in total. The van der Waals surface area contributed by atoms with E-state index in [0.29, 0.717) is 11.1 Å². The van der Waals surface area contributed by atoms with Gasteiger partial charge in [0.2, 0.25) is 0 Å². The molecule has 2 aromatic rings. The van der Waals surface area contributed by atoms with Crippen LogP contribution in [0.15, 0.2) is 35.3 Å². The number of carbonyl (C=O) groups is 1. The predicted octanol–water partition coefficient (Wildman–Crippen LogP) is 2.28. The summed E-state index contributed by atoms with van der Waals surface area (Å²) >= 11 is 0. The van der Waals surface area contributed by atoms with Gasteiger partial charge in [-0.15, -0.1) is 0 Å². The molecule has 0 radical (unpaired) electrons. The van der Waals surface area contributed by atoms with Gasteiger partial charge in [-0.25, -0.2) is 9.18 Å². The molecule has 1 aromatic carbocycles. The highest BCUT2D eigenvalue weighted by atomic mass is 19.1. The Balaban J connectivity index is 2.69. The number of hydrogen-bond donors (Lipinski definition) is 2. The van der Waals surface area contributed by atoms with E-state index in [4.69, 9.17) is 9.84 Å². The first-order valence-corrected chi connectivity index (χ1v) is 5.92. The zero-order valence-electron chi connectivity index (χ0n) is 10.6. The van der Waals surface area contributed by atoms with Crippen LogP contribution < -0.4 is 10.3 Å². The lowest BCUT2D eigenvalue weighted by Gasteiger charge is -2.12. The van der Waals surface area contributed by atoms with Crippen molar-refractivity contribution in [3.8, 4) is 16.9 Å². The molecule has 0 bridgehead atoms. The van der Waals surface area contributed by atoms with Gasteiger partial charge in [0.05, 0.1) is 6.61 Å². The number of benzene rings is 1. The number of aromatic nitrogens is 1. The third-order valence-electron chi connectivity index (χ3n) is 2.70. The molecule has 0 fully saturated rings. The first-order chi connectivity index (χ1) is 9.54. The lowest BCUT2D eigenvalue weighted by atomic mass is 10.0. The van der Waals surface area contributed by atoms with Gasteiger partial charge in [0, 0.05) is 11.8 Å². The summed E-state index contributed by atoms with van der Waals surface area (Å²) in [7, 11) is 0. The third kappa shape index (κ3) is 2.54. The van der Waals surface area contributed by atoms with Crippen molar-refractivity contribution < 1.29 is 19.0 Å². The fraction of sp³-hybridized carbons (Fsp3) is 0.143. The van der Waals surface area contributed by atoms with Crippen LogP contribution in [-0.2, 0) is 0 Å². The number of pyridine rings is 1. The molecule has 0 saturated carbocycles. The quantitative estimate of drug-likeness (QED) is 0.898. The molecule has 104 valence electrons. The van der Waals surface area contributed by atoms with Crippen molar-refractivity contribution in [2.75, 3.05) is 6.61 Å². The molecular weight excluding hydrogens is 265 g/mol. The highest BCUT2D eigenvalue weighted by Gasteiger charge is 2.21. The van der Waals surface area contributed by atoms with Crippen LogP contribution in [0, 0.1) is 5.82 Å². The van der Waals surface area contributed by atoms with E-state index < -0.39 is 22.9 Å². The molecule has 1 aromatic heterocycles. The Bertz CT molecular complexity index is 691. The molecule has 6 heteroatoms. The zero-order valence-corrected chi connectivity index (χ0v) is 10.6. The molecule has 0 amide bonds. The summed E-state index contributed by atoms with van der Waals surface area (Å²) in [5.41, 5.74) is -0.266. The molecule has 0 spiro atoms. The highest BCUT2D eigenvalue weighted by Crippen LogP contribution is 2.31. The van der Waals surface area contributed by atoms with Gasteiger partial charge in [0.25, 0.3) is 5.56 Å². The van der Waals surface area contributed by atoms with Gasteiger partial charge >= 0.3 is 5.97 Å². The van der Waals surface area contributed by atoms with Gasteiger partial charge in [0.15, 0.2) is 5.56 Å². The summed E-state index contributed by atoms with van der Waals surface area (Å²) in [5.74, 6) is -1.80. The number of hydrogen-bond acceptors (Lipinski definition) is 3. The molecule has 0 aliphatic rings. The fourth-order valence-corrected chi connectivity index (χ4v) is 1.85. The van der Waals surface area contributed by atoms with Crippen LogP contribution in [-0.4, -0.2) is 22.7 Å². The van der Waals surface area contributed by atoms with E-state index in [9.17, 15) is 14.0 Å². The SMILES string of the molecule is CCOc1c(-c2ccc(F)cc2)c[nH]c(=O)c1C(=O)O. The lowest BCUT2D eigenvalue weighted by Crippen LogP contribution is -2.19. The van der Waals surface area contributed by atoms with E-state index in [1.54, 1.807) is 6.92 Å². The van der Waals surface area contributed by atoms with E-state index in [2.05, 4.69) is 4.98 Å². The minimum atomic E-state index is -1.38. The summed E-state index contributed by atoms with van der Waals surface area (Å²) in [6.45, 7) is 1.89. The van der Waals surface area contributed by atoms with Crippen molar-refractivity contribution in [1.82, 2.24) is 4.98 Å². The van der Waals surface area contributed by atoms with Crippen molar-refractivity contribution in [1.29, 1.82) is 0 Å². The average molecular weight is 277 g/mol. The number of nitrogens with one attached hydrogen (secondary N) is 1. The van der Waals surface area contributed by atoms with Crippen molar-refractivity contribution in [2.24, 2.45) is 0 Å². The molecule has 2 rings (SSSR count). The molecule has 0 unspecified atom stereocenters. The monoisotopic (exact) mass is 277 g/mol. The normalized spacial score (nSPS) is 10.3. The molecule has 5 nitrogen and oxygen atoms in total. The van der Waals surface area contributed by atoms with Gasteiger partial charge in [-0.3, -0.25) is 4.79 Å². The topological polar surface area (TPSA) is 79.4 Å². The summed E-state index contributed by atoms with van der Waals surface area (Å²) < 4.78 is 18.2. The summed E-state index contributed by atoms with van der Waals surface area (Å²) in [5, 5.41) is 9.13. The minimum Gasteiger partial charge on any atom is -0.492 e. The zero-order chi connectivity index (χ0) is 14.7. The maximum Gasteiger partial charge on any atom is 0.345 e. The van der Waals surface area contributed by atoms with Crippen LogP contribution in [0.2, 0.25) is 0 Å². The van der Waals surface area contributed by atoms with E-state index in [1.807, 2.05) is 0 Å². The predicted molar refractivity (Wildman–Crippen MR) is 70.6 cm³/mol. The Morgan fingerprint density at radius 3 is 2.55 bits per heavy atom. The van der Waals surface area contributed by atoms with Crippen LogP contribution in [0.25, 0.3) is 11.1 Å². The lowest BCUT2D eigenvalue weighted by molar-refractivity contribution is 0.0690. The number of aromatic amines is 1. The van der Waals surface area contributed by atoms with Crippen molar-refractivity contribution >= 4 is 5.97 Å². The summed E-state index contributed by atoms with van der Waals surface area (Å²) in [4.78, 5) is 25.2. The molecule has 20 heavy (non-hydrogen) atoms. The van der Waals surface area contributed by atoms with E-state index in [0.717, 1.165) is 0 Å². The largest absolute Gasteiger partial charge is 0.492 e. The van der Waals surface area contributed by atoms with Crippen LogP contribution in [0.4, 0.5) is 4.39 Å². The third-order valence-corrected chi connectivity index (χ3v) is 2.70. The van der Waals surface area contributed by atoms with E-state index >= 15 is 0 Å². The molecule has 0 aliphatic carbocycles.